The molecule has 1 aliphatic carbocycles. The van der Waals surface area contributed by atoms with Crippen LogP contribution < -0.4 is 4.74 Å². The van der Waals surface area contributed by atoms with Crippen molar-refractivity contribution in [2.24, 2.45) is 0 Å². The monoisotopic (exact) mass is 212 g/mol. The fraction of sp³-hybridized carbons (Fsp3) is 0.455. The molecule has 1 N–H and O–H groups in total. The molecule has 1 fully saturated rings. The average Bonchev–Trinajstić information content (AvgIpc) is 2.56. The molecule has 3 heteroatoms. The van der Waals surface area contributed by atoms with Gasteiger partial charge in [0.15, 0.2) is 0 Å². The first-order valence-electron chi connectivity index (χ1n) is 4.86. The van der Waals surface area contributed by atoms with Gasteiger partial charge in [-0.05, 0) is 31.4 Å². The lowest BCUT2D eigenvalue weighted by molar-refractivity contribution is 0.0605. The summed E-state index contributed by atoms with van der Waals surface area (Å²) in [5.41, 5.74) is 0. The van der Waals surface area contributed by atoms with Crippen LogP contribution >= 0.6 is 11.6 Å². The molecule has 14 heavy (non-hydrogen) atoms. The van der Waals surface area contributed by atoms with Gasteiger partial charge in [0.25, 0.3) is 0 Å². The van der Waals surface area contributed by atoms with Gasteiger partial charge in [-0.1, -0.05) is 23.7 Å². The van der Waals surface area contributed by atoms with Crippen LogP contribution in [-0.4, -0.2) is 17.3 Å². The second-order valence-electron chi connectivity index (χ2n) is 3.58. The Balaban J connectivity index is 2.07. The van der Waals surface area contributed by atoms with E-state index in [4.69, 9.17) is 16.3 Å². The number of rotatable bonds is 2. The second-order valence-corrected chi connectivity index (χ2v) is 3.99. The summed E-state index contributed by atoms with van der Waals surface area (Å²) in [5.74, 6) is 0.667. The summed E-state index contributed by atoms with van der Waals surface area (Å²) in [5, 5.41) is 10.2. The minimum atomic E-state index is -0.341. The van der Waals surface area contributed by atoms with Gasteiger partial charge >= 0.3 is 0 Å². The molecule has 0 aromatic heterocycles. The molecule has 0 unspecified atom stereocenters. The Kier molecular flexibility index (Phi) is 2.94. The SMILES string of the molecule is O[C@H]1CCC[C@@H]1Oc1ccccc1Cl. The van der Waals surface area contributed by atoms with E-state index in [0.29, 0.717) is 10.8 Å². The van der Waals surface area contributed by atoms with Crippen molar-refractivity contribution in [3.05, 3.63) is 29.3 Å². The molecule has 1 aliphatic rings. The highest BCUT2D eigenvalue weighted by molar-refractivity contribution is 6.32. The van der Waals surface area contributed by atoms with Crippen LogP contribution in [0.2, 0.25) is 5.02 Å². The normalized spacial score (nSPS) is 26.4. The Morgan fingerprint density at radius 3 is 2.71 bits per heavy atom. The minimum Gasteiger partial charge on any atom is -0.486 e. The van der Waals surface area contributed by atoms with Crippen LogP contribution in [0.25, 0.3) is 0 Å². The Morgan fingerprint density at radius 2 is 2.07 bits per heavy atom. The highest BCUT2D eigenvalue weighted by atomic mass is 35.5. The third-order valence-corrected chi connectivity index (χ3v) is 2.84. The van der Waals surface area contributed by atoms with Gasteiger partial charge in [0.05, 0.1) is 11.1 Å². The summed E-state index contributed by atoms with van der Waals surface area (Å²) in [4.78, 5) is 0. The van der Waals surface area contributed by atoms with Crippen LogP contribution in [0, 0.1) is 0 Å². The first-order valence-corrected chi connectivity index (χ1v) is 5.24. The summed E-state index contributed by atoms with van der Waals surface area (Å²) in [7, 11) is 0. The molecule has 2 atom stereocenters. The van der Waals surface area contributed by atoms with E-state index in [2.05, 4.69) is 0 Å². The Hall–Kier alpha value is -0.730. The molecular formula is C11H13ClO2. The number of benzene rings is 1. The molecule has 0 aliphatic heterocycles. The summed E-state index contributed by atoms with van der Waals surface area (Å²) in [6, 6.07) is 7.36. The van der Waals surface area contributed by atoms with Crippen molar-refractivity contribution in [2.75, 3.05) is 0 Å². The quantitative estimate of drug-likeness (QED) is 0.817. The van der Waals surface area contributed by atoms with Crippen molar-refractivity contribution in [1.82, 2.24) is 0 Å². The van der Waals surface area contributed by atoms with Crippen molar-refractivity contribution in [2.45, 2.75) is 31.5 Å². The molecule has 1 aromatic carbocycles. The molecule has 0 amide bonds. The van der Waals surface area contributed by atoms with E-state index in [-0.39, 0.29) is 12.2 Å². The van der Waals surface area contributed by atoms with Crippen LogP contribution in [-0.2, 0) is 0 Å². The highest BCUT2D eigenvalue weighted by Crippen LogP contribution is 2.29. The predicted octanol–water partition coefficient (Wildman–Crippen LogP) is 2.63. The fourth-order valence-corrected chi connectivity index (χ4v) is 1.93. The lowest BCUT2D eigenvalue weighted by atomic mass is 10.2. The zero-order valence-corrected chi connectivity index (χ0v) is 8.57. The van der Waals surface area contributed by atoms with E-state index in [9.17, 15) is 5.11 Å². The molecule has 1 saturated carbocycles. The number of hydrogen-bond acceptors (Lipinski definition) is 2. The number of aliphatic hydroxyl groups is 1. The average molecular weight is 213 g/mol. The highest BCUT2D eigenvalue weighted by Gasteiger charge is 2.27. The number of aliphatic hydroxyl groups excluding tert-OH is 1. The molecule has 0 bridgehead atoms. The summed E-state index contributed by atoms with van der Waals surface area (Å²) in [6.07, 6.45) is 2.33. The number of para-hydroxylation sites is 1. The van der Waals surface area contributed by atoms with Gasteiger partial charge in [0.1, 0.15) is 11.9 Å². The van der Waals surface area contributed by atoms with E-state index < -0.39 is 0 Å². The zero-order valence-electron chi connectivity index (χ0n) is 7.82. The van der Waals surface area contributed by atoms with Gasteiger partial charge < -0.3 is 9.84 Å². The van der Waals surface area contributed by atoms with Gasteiger partial charge in [-0.2, -0.15) is 0 Å². The van der Waals surface area contributed by atoms with E-state index in [1.54, 1.807) is 6.07 Å². The van der Waals surface area contributed by atoms with Crippen LogP contribution in [0.4, 0.5) is 0 Å². The zero-order chi connectivity index (χ0) is 9.97. The second kappa shape index (κ2) is 4.20. The molecule has 0 saturated heterocycles. The standard InChI is InChI=1S/C11H13ClO2/c12-8-4-1-2-6-10(8)14-11-7-3-5-9(11)13/h1-2,4,6,9,11,13H,3,5,7H2/t9-,11-/m0/s1. The molecule has 0 heterocycles. The molecule has 2 rings (SSSR count). The van der Waals surface area contributed by atoms with Gasteiger partial charge in [-0.25, -0.2) is 0 Å². The van der Waals surface area contributed by atoms with Gasteiger partial charge in [0.2, 0.25) is 0 Å². The van der Waals surface area contributed by atoms with Gasteiger partial charge in [-0.3, -0.25) is 0 Å². The molecule has 1 aromatic rings. The summed E-state index contributed by atoms with van der Waals surface area (Å²) < 4.78 is 5.64. The Bertz CT molecular complexity index is 314. The van der Waals surface area contributed by atoms with Crippen LogP contribution in [0.1, 0.15) is 19.3 Å². The van der Waals surface area contributed by atoms with Crippen molar-refractivity contribution >= 4 is 11.6 Å². The third kappa shape index (κ3) is 2.02. The lowest BCUT2D eigenvalue weighted by Crippen LogP contribution is -2.25. The predicted molar refractivity (Wildman–Crippen MR) is 55.7 cm³/mol. The van der Waals surface area contributed by atoms with E-state index >= 15 is 0 Å². The molecule has 76 valence electrons. The number of halogens is 1. The van der Waals surface area contributed by atoms with Gasteiger partial charge in [0, 0.05) is 0 Å². The van der Waals surface area contributed by atoms with Crippen molar-refractivity contribution in [3.63, 3.8) is 0 Å². The molecule has 0 radical (unpaired) electrons. The van der Waals surface area contributed by atoms with E-state index in [1.807, 2.05) is 18.2 Å². The van der Waals surface area contributed by atoms with Gasteiger partial charge in [-0.15, -0.1) is 0 Å². The minimum absolute atomic E-state index is 0.0881. The maximum absolute atomic E-state index is 9.57. The number of ether oxygens (including phenoxy) is 1. The largest absolute Gasteiger partial charge is 0.486 e. The summed E-state index contributed by atoms with van der Waals surface area (Å²) >= 11 is 5.94. The third-order valence-electron chi connectivity index (χ3n) is 2.53. The van der Waals surface area contributed by atoms with Crippen molar-refractivity contribution in [1.29, 1.82) is 0 Å². The summed E-state index contributed by atoms with van der Waals surface area (Å²) in [6.45, 7) is 0. The Morgan fingerprint density at radius 1 is 1.29 bits per heavy atom. The van der Waals surface area contributed by atoms with Crippen LogP contribution in [0.3, 0.4) is 0 Å². The Labute approximate surface area is 88.5 Å². The number of hydrogen-bond donors (Lipinski definition) is 1. The first-order chi connectivity index (χ1) is 6.77. The van der Waals surface area contributed by atoms with Crippen molar-refractivity contribution in [3.8, 4) is 5.75 Å². The van der Waals surface area contributed by atoms with E-state index in [0.717, 1.165) is 19.3 Å². The topological polar surface area (TPSA) is 29.5 Å². The first kappa shape index (κ1) is 9.81. The van der Waals surface area contributed by atoms with Crippen LogP contribution in [0.15, 0.2) is 24.3 Å². The lowest BCUT2D eigenvalue weighted by Gasteiger charge is -2.17. The maximum Gasteiger partial charge on any atom is 0.138 e. The smallest absolute Gasteiger partial charge is 0.138 e. The molecule has 0 spiro atoms. The van der Waals surface area contributed by atoms with Crippen molar-refractivity contribution < 1.29 is 9.84 Å². The maximum atomic E-state index is 9.57. The molecule has 2 nitrogen and oxygen atoms in total. The molecular weight excluding hydrogens is 200 g/mol. The fourth-order valence-electron chi connectivity index (χ4n) is 1.75. The van der Waals surface area contributed by atoms with E-state index in [1.165, 1.54) is 0 Å². The van der Waals surface area contributed by atoms with Crippen LogP contribution in [0.5, 0.6) is 5.75 Å².